The van der Waals surface area contributed by atoms with Gasteiger partial charge in [-0.05, 0) is 98.3 Å². The Morgan fingerprint density at radius 3 is 1.59 bits per heavy atom. The lowest BCUT2D eigenvalue weighted by atomic mass is 9.98. The zero-order chi connectivity index (χ0) is 40.0. The van der Waals surface area contributed by atoms with Gasteiger partial charge in [0.15, 0.2) is 0 Å². The lowest BCUT2D eigenvalue weighted by Crippen LogP contribution is -2.09. The third-order valence-corrected chi connectivity index (χ3v) is 9.14. The molecule has 1 aromatic heterocycles. The Morgan fingerprint density at radius 1 is 0.391 bits per heavy atom. The fourth-order valence-corrected chi connectivity index (χ4v) is 6.83. The van der Waals surface area contributed by atoms with Gasteiger partial charge in [0.1, 0.15) is 0 Å². The zero-order valence-electron chi connectivity index (χ0n) is 35.2. The summed E-state index contributed by atoms with van der Waals surface area (Å²) >= 11 is 0.927. The molecular formula is C44H29NS. The molecule has 0 aliphatic rings. The number of rotatable bonds is 5. The maximum absolute atomic E-state index is 9.90. The zero-order valence-corrected chi connectivity index (χ0v) is 25.1. The molecule has 0 spiro atoms. The van der Waals surface area contributed by atoms with Crippen molar-refractivity contribution in [1.82, 2.24) is 0 Å². The molecule has 9 aromatic rings. The summed E-state index contributed by atoms with van der Waals surface area (Å²) in [5.41, 5.74) is 5.02. The minimum absolute atomic E-state index is 0.00558. The van der Waals surface area contributed by atoms with E-state index in [2.05, 4.69) is 0 Å². The first kappa shape index (κ1) is 17.7. The summed E-state index contributed by atoms with van der Waals surface area (Å²) in [5.74, 6) is 0. The molecule has 0 radical (unpaired) electrons. The highest BCUT2D eigenvalue weighted by atomic mass is 32.1. The van der Waals surface area contributed by atoms with Crippen LogP contribution in [0.25, 0.3) is 64.0 Å². The topological polar surface area (TPSA) is 3.24 Å². The summed E-state index contributed by atoms with van der Waals surface area (Å²) in [6.07, 6.45) is 0. The fraction of sp³-hybridized carbons (Fsp3) is 0. The van der Waals surface area contributed by atoms with Crippen molar-refractivity contribution >= 4 is 70.1 Å². The number of hydrogen-bond acceptors (Lipinski definition) is 2. The lowest BCUT2D eigenvalue weighted by Gasteiger charge is -2.26. The SMILES string of the molecule is [2H]c1c([2H])c([2H])c2c(sc3c([2H])c4c([2H])c([2H])c5c([2H])c([2H])c(N(c6ccc(-c7ccccc7)cc6)c6ccc(-c7ccccc7)cc6)c([2H])c5c4c([2H])c32)c1[2H]. The van der Waals surface area contributed by atoms with Gasteiger partial charge in [-0.25, -0.2) is 0 Å². The maximum atomic E-state index is 9.90. The third-order valence-electron chi connectivity index (χ3n) is 8.12. The minimum Gasteiger partial charge on any atom is -0.310 e. The molecule has 216 valence electrons. The highest BCUT2D eigenvalue weighted by Crippen LogP contribution is 2.41. The van der Waals surface area contributed by atoms with Crippen molar-refractivity contribution in [2.75, 3.05) is 4.90 Å². The standard InChI is InChI=1S/C44H29NS/c1-3-9-30(10-4-1)32-17-22-36(23-18-32)45(37-24-19-33(20-25-37)31-11-5-2-6-12-31)38-26-21-34-15-16-35-27-44-42(29-41(35)40(34)28-38)39-13-7-8-14-43(39)46-44/h1-29H/i7D,8D,13D,14D,15D,16D,21D,26D,27D,28D,29D. The summed E-state index contributed by atoms with van der Waals surface area (Å²) in [5, 5.41) is -0.272. The van der Waals surface area contributed by atoms with E-state index in [4.69, 9.17) is 8.22 Å². The molecule has 9 rings (SSSR count). The van der Waals surface area contributed by atoms with Gasteiger partial charge in [0, 0.05) is 37.2 Å². The molecule has 2 heteroatoms. The van der Waals surface area contributed by atoms with Crippen LogP contribution in [0.1, 0.15) is 15.1 Å². The van der Waals surface area contributed by atoms with Crippen LogP contribution in [0.15, 0.2) is 176 Å². The number of benzene rings is 8. The average Bonchev–Trinajstić information content (AvgIpc) is 3.65. The molecule has 0 amide bonds. The predicted octanol–water partition coefficient (Wildman–Crippen LogP) is 13.2. The predicted molar refractivity (Wildman–Crippen MR) is 200 cm³/mol. The first-order valence-electron chi connectivity index (χ1n) is 20.3. The Morgan fingerprint density at radius 2 is 0.935 bits per heavy atom. The molecule has 0 unspecified atom stereocenters. The number of fused-ring (bicyclic) bond motifs is 6. The first-order valence-corrected chi connectivity index (χ1v) is 15.6. The van der Waals surface area contributed by atoms with E-state index in [0.717, 1.165) is 33.6 Å². The minimum atomic E-state index is -0.492. The van der Waals surface area contributed by atoms with E-state index in [1.165, 1.54) is 0 Å². The van der Waals surface area contributed by atoms with Gasteiger partial charge in [-0.2, -0.15) is 0 Å². The van der Waals surface area contributed by atoms with Gasteiger partial charge >= 0.3 is 0 Å². The van der Waals surface area contributed by atoms with Gasteiger partial charge in [0.2, 0.25) is 0 Å². The maximum Gasteiger partial charge on any atom is 0.0652 e. The Balaban J connectivity index is 1.39. The van der Waals surface area contributed by atoms with E-state index >= 15 is 0 Å². The van der Waals surface area contributed by atoms with Crippen LogP contribution < -0.4 is 4.90 Å². The molecule has 1 nitrogen and oxygen atoms in total. The molecule has 0 saturated carbocycles. The molecule has 0 aliphatic carbocycles. The fourth-order valence-electron chi connectivity index (χ4n) is 5.86. The van der Waals surface area contributed by atoms with Crippen LogP contribution in [0, 0.1) is 0 Å². The highest BCUT2D eigenvalue weighted by molar-refractivity contribution is 7.25. The molecule has 0 aliphatic heterocycles. The number of thiophene rings is 1. The van der Waals surface area contributed by atoms with Crippen LogP contribution in [0.3, 0.4) is 0 Å². The monoisotopic (exact) mass is 614 g/mol. The van der Waals surface area contributed by atoms with Crippen molar-refractivity contribution in [3.8, 4) is 22.3 Å². The molecule has 0 atom stereocenters. The molecule has 1 heterocycles. The van der Waals surface area contributed by atoms with Crippen molar-refractivity contribution in [3.63, 3.8) is 0 Å². The smallest absolute Gasteiger partial charge is 0.0652 e. The number of hydrogen-bond donors (Lipinski definition) is 0. The van der Waals surface area contributed by atoms with E-state index in [1.54, 1.807) is 4.90 Å². The van der Waals surface area contributed by atoms with Gasteiger partial charge < -0.3 is 4.90 Å². The van der Waals surface area contributed by atoms with Crippen LogP contribution in [-0.2, 0) is 0 Å². The van der Waals surface area contributed by atoms with Crippen LogP contribution >= 0.6 is 11.3 Å². The molecule has 46 heavy (non-hydrogen) atoms. The van der Waals surface area contributed by atoms with E-state index in [1.807, 2.05) is 109 Å². The van der Waals surface area contributed by atoms with Crippen molar-refractivity contribution < 1.29 is 15.1 Å². The molecule has 8 aromatic carbocycles. The van der Waals surface area contributed by atoms with Crippen molar-refractivity contribution in [1.29, 1.82) is 0 Å². The van der Waals surface area contributed by atoms with E-state index in [0.29, 0.717) is 11.4 Å². The second kappa shape index (κ2) is 11.0. The van der Waals surface area contributed by atoms with Crippen LogP contribution in [0.4, 0.5) is 17.1 Å². The van der Waals surface area contributed by atoms with E-state index in [9.17, 15) is 6.85 Å². The molecule has 0 fully saturated rings. The van der Waals surface area contributed by atoms with Gasteiger partial charge in [-0.15, -0.1) is 11.3 Å². The number of anilines is 3. The molecule has 0 saturated heterocycles. The average molecular weight is 615 g/mol. The summed E-state index contributed by atoms with van der Waals surface area (Å²) in [7, 11) is 0. The van der Waals surface area contributed by atoms with Gasteiger partial charge in [0.25, 0.3) is 0 Å². The van der Waals surface area contributed by atoms with Crippen molar-refractivity contribution in [2.45, 2.75) is 0 Å². The Kier molecular flexibility index (Phi) is 4.24. The van der Waals surface area contributed by atoms with Crippen molar-refractivity contribution in [2.24, 2.45) is 0 Å². The summed E-state index contributed by atoms with van der Waals surface area (Å²) in [4.78, 5) is 1.70. The van der Waals surface area contributed by atoms with Crippen LogP contribution in [0.2, 0.25) is 0 Å². The van der Waals surface area contributed by atoms with Crippen molar-refractivity contribution in [3.05, 3.63) is 176 Å². The van der Waals surface area contributed by atoms with Crippen LogP contribution in [-0.4, -0.2) is 0 Å². The summed E-state index contributed by atoms with van der Waals surface area (Å²) < 4.78 is 100. The Bertz CT molecular complexity index is 3030. The normalized spacial score (nSPS) is 14.8. The molecular weight excluding hydrogens is 575 g/mol. The number of nitrogens with zero attached hydrogens (tertiary/aromatic N) is 1. The van der Waals surface area contributed by atoms with Crippen LogP contribution in [0.5, 0.6) is 0 Å². The molecule has 0 bridgehead atoms. The lowest BCUT2D eigenvalue weighted by molar-refractivity contribution is 1.29. The van der Waals surface area contributed by atoms with Gasteiger partial charge in [-0.3, -0.25) is 0 Å². The second-order valence-corrected chi connectivity index (χ2v) is 11.9. The Labute approximate surface area is 287 Å². The first-order chi connectivity index (χ1) is 27.4. The van der Waals surface area contributed by atoms with E-state index in [-0.39, 0.29) is 83.7 Å². The second-order valence-electron chi connectivity index (χ2n) is 10.9. The van der Waals surface area contributed by atoms with E-state index < -0.39 is 30.2 Å². The highest BCUT2D eigenvalue weighted by Gasteiger charge is 2.15. The summed E-state index contributed by atoms with van der Waals surface area (Å²) in [6, 6.07) is 30.7. The van der Waals surface area contributed by atoms with Gasteiger partial charge in [0.05, 0.1) is 15.1 Å². The Hall–Kier alpha value is -5.70. The molecule has 0 N–H and O–H groups in total. The van der Waals surface area contributed by atoms with Gasteiger partial charge in [-0.1, -0.05) is 121 Å². The largest absolute Gasteiger partial charge is 0.310 e. The quantitative estimate of drug-likeness (QED) is 0.174. The summed E-state index contributed by atoms with van der Waals surface area (Å²) in [6.45, 7) is 0. The third kappa shape index (κ3) is 4.63.